The quantitative estimate of drug-likeness (QED) is 0.543. The van der Waals surface area contributed by atoms with Gasteiger partial charge in [-0.2, -0.15) is 20.3 Å². The van der Waals surface area contributed by atoms with Crippen LogP contribution in [0.15, 0.2) is 48.6 Å². The number of hydrogen-bond donors (Lipinski definition) is 1. The summed E-state index contributed by atoms with van der Waals surface area (Å²) in [5, 5.41) is 17.3. The highest BCUT2D eigenvalue weighted by Crippen LogP contribution is 2.51. The fourth-order valence-corrected chi connectivity index (χ4v) is 4.74. The predicted octanol–water partition coefficient (Wildman–Crippen LogP) is 2.92. The molecule has 0 unspecified atom stereocenters. The first-order valence-corrected chi connectivity index (χ1v) is 10.2. The molecule has 156 valence electrons. The third-order valence-corrected chi connectivity index (χ3v) is 6.00. The van der Waals surface area contributed by atoms with Gasteiger partial charge in [0.25, 0.3) is 0 Å². The van der Waals surface area contributed by atoms with Crippen LogP contribution in [0.2, 0.25) is 0 Å². The zero-order valence-electron chi connectivity index (χ0n) is 17.7. The van der Waals surface area contributed by atoms with Crippen LogP contribution in [-0.4, -0.2) is 34.3 Å². The van der Waals surface area contributed by atoms with E-state index < -0.39 is 0 Å². The van der Waals surface area contributed by atoms with Crippen LogP contribution in [0.5, 0.6) is 5.75 Å². The number of para-hydroxylation sites is 1. The van der Waals surface area contributed by atoms with E-state index in [-0.39, 0.29) is 12.1 Å². The van der Waals surface area contributed by atoms with E-state index in [1.54, 1.807) is 6.33 Å². The molecule has 2 atom stereocenters. The Morgan fingerprint density at radius 3 is 2.39 bits per heavy atom. The van der Waals surface area contributed by atoms with Gasteiger partial charge in [0.15, 0.2) is 6.10 Å². The van der Waals surface area contributed by atoms with Crippen LogP contribution in [0.25, 0.3) is 5.70 Å². The molecule has 31 heavy (non-hydrogen) atoms. The highest BCUT2D eigenvalue weighted by Gasteiger charge is 2.42. The fourth-order valence-electron chi connectivity index (χ4n) is 4.74. The number of rotatable bonds is 2. The molecule has 0 radical (unpaired) electrons. The molecule has 1 aromatic carbocycles. The molecule has 0 fully saturated rings. The Morgan fingerprint density at radius 1 is 0.968 bits per heavy atom. The molecule has 2 aliphatic rings. The Morgan fingerprint density at radius 2 is 1.68 bits per heavy atom. The summed E-state index contributed by atoms with van der Waals surface area (Å²) in [5.74, 6) is 1.53. The summed E-state index contributed by atoms with van der Waals surface area (Å²) in [5.41, 5.74) is 7.07. The maximum Gasteiger partial charge on any atom is 0.226 e. The zero-order chi connectivity index (χ0) is 21.3. The van der Waals surface area contributed by atoms with E-state index in [2.05, 4.69) is 37.9 Å². The van der Waals surface area contributed by atoms with E-state index in [9.17, 15) is 0 Å². The van der Waals surface area contributed by atoms with Crippen LogP contribution in [0.1, 0.15) is 40.2 Å². The van der Waals surface area contributed by atoms with E-state index in [1.165, 1.54) is 0 Å². The summed E-state index contributed by atoms with van der Waals surface area (Å²) in [6, 6.07) is 7.88. The maximum atomic E-state index is 6.63. The fraction of sp³-hybridized carbons (Fsp3) is 0.273. The molecule has 1 N–H and O–H groups in total. The number of hydrogen-bond acceptors (Lipinski definition) is 6. The second kappa shape index (κ2) is 6.31. The lowest BCUT2D eigenvalue weighted by Crippen LogP contribution is -2.32. The van der Waals surface area contributed by atoms with Crippen molar-refractivity contribution >= 4 is 11.6 Å². The average molecular weight is 414 g/mol. The summed E-state index contributed by atoms with van der Waals surface area (Å²) in [6.07, 6.45) is 5.34. The van der Waals surface area contributed by atoms with Crippen molar-refractivity contribution in [2.75, 3.05) is 5.32 Å². The number of nitrogens with zero attached hydrogens (tertiary/aromatic N) is 7. The lowest BCUT2D eigenvalue weighted by molar-refractivity contribution is 0.222. The molecule has 0 aliphatic carbocycles. The van der Waals surface area contributed by atoms with Crippen LogP contribution in [0.3, 0.4) is 0 Å². The standard InChI is InChI=1S/C22H22N8O/c1-12-15(9-28(3)26-12)20-18-19(25-22-23-11-24-30(20)22)14-7-5-6-8-17(14)31-21(18)16-10-29(4)27-13(16)2/h5-11,20-21H,1-4H3,(H,23,24,25)/t20-,21+/m1/s1. The Bertz CT molecular complexity index is 1360. The van der Waals surface area contributed by atoms with Gasteiger partial charge < -0.3 is 10.1 Å². The van der Waals surface area contributed by atoms with Gasteiger partial charge in [-0.05, 0) is 26.0 Å². The number of nitrogens with one attached hydrogen (secondary N) is 1. The van der Waals surface area contributed by atoms with Crippen LogP contribution in [0, 0.1) is 13.8 Å². The summed E-state index contributed by atoms with van der Waals surface area (Å²) in [7, 11) is 3.87. The van der Waals surface area contributed by atoms with E-state index in [1.807, 2.05) is 66.4 Å². The average Bonchev–Trinajstić information content (AvgIpc) is 3.43. The Hall–Kier alpha value is -3.88. The molecule has 6 rings (SSSR count). The SMILES string of the molecule is Cc1nn(C)cc1[C@@H]1Oc2ccccc2C2=C1[C@@H](c1cn(C)nc1C)n1ncnc1N2. The Labute approximate surface area is 179 Å². The summed E-state index contributed by atoms with van der Waals surface area (Å²) < 4.78 is 12.2. The highest BCUT2D eigenvalue weighted by molar-refractivity contribution is 5.85. The smallest absolute Gasteiger partial charge is 0.226 e. The lowest BCUT2D eigenvalue weighted by Gasteiger charge is -2.38. The third-order valence-electron chi connectivity index (χ3n) is 6.00. The van der Waals surface area contributed by atoms with E-state index in [0.717, 1.165) is 45.1 Å². The zero-order valence-corrected chi connectivity index (χ0v) is 17.7. The van der Waals surface area contributed by atoms with Crippen molar-refractivity contribution in [3.8, 4) is 5.75 Å². The second-order valence-electron chi connectivity index (χ2n) is 8.07. The molecule has 4 aromatic rings. The molecule has 0 spiro atoms. The molecule has 9 nitrogen and oxygen atoms in total. The van der Waals surface area contributed by atoms with Crippen molar-refractivity contribution in [3.05, 3.63) is 76.6 Å². The van der Waals surface area contributed by atoms with Gasteiger partial charge in [0.2, 0.25) is 5.95 Å². The van der Waals surface area contributed by atoms with Crippen LogP contribution < -0.4 is 10.1 Å². The van der Waals surface area contributed by atoms with Crippen molar-refractivity contribution in [1.29, 1.82) is 0 Å². The van der Waals surface area contributed by atoms with E-state index >= 15 is 0 Å². The predicted molar refractivity (Wildman–Crippen MR) is 114 cm³/mol. The number of benzene rings is 1. The van der Waals surface area contributed by atoms with Gasteiger partial charge in [0.05, 0.1) is 17.1 Å². The first-order chi connectivity index (χ1) is 15.0. The molecule has 0 saturated heterocycles. The van der Waals surface area contributed by atoms with Gasteiger partial charge in [0, 0.05) is 48.8 Å². The van der Waals surface area contributed by atoms with Gasteiger partial charge in [-0.25, -0.2) is 4.68 Å². The van der Waals surface area contributed by atoms with Gasteiger partial charge in [0.1, 0.15) is 18.1 Å². The van der Waals surface area contributed by atoms with E-state index in [4.69, 9.17) is 4.74 Å². The van der Waals surface area contributed by atoms with E-state index in [0.29, 0.717) is 5.95 Å². The lowest BCUT2D eigenvalue weighted by atomic mass is 9.85. The van der Waals surface area contributed by atoms with Gasteiger partial charge in [-0.15, -0.1) is 0 Å². The monoisotopic (exact) mass is 414 g/mol. The number of aryl methyl sites for hydroxylation is 4. The third kappa shape index (κ3) is 2.56. The molecule has 0 saturated carbocycles. The topological polar surface area (TPSA) is 87.6 Å². The number of fused-ring (bicyclic) bond motifs is 3. The normalized spacial score (nSPS) is 19.4. The minimum absolute atomic E-state index is 0.208. The Kier molecular flexibility index (Phi) is 3.65. The summed E-state index contributed by atoms with van der Waals surface area (Å²) in [6.45, 7) is 4.04. The van der Waals surface area contributed by atoms with Crippen LogP contribution in [-0.2, 0) is 14.1 Å². The van der Waals surface area contributed by atoms with Crippen LogP contribution >= 0.6 is 0 Å². The van der Waals surface area contributed by atoms with Crippen molar-refractivity contribution < 1.29 is 4.74 Å². The molecule has 5 heterocycles. The molecule has 9 heteroatoms. The second-order valence-corrected chi connectivity index (χ2v) is 8.07. The molecular formula is C22H22N8O. The maximum absolute atomic E-state index is 6.63. The summed E-state index contributed by atoms with van der Waals surface area (Å²) >= 11 is 0. The van der Waals surface area contributed by atoms with Gasteiger partial charge >= 0.3 is 0 Å². The number of anilines is 1. The first-order valence-electron chi connectivity index (χ1n) is 10.2. The minimum Gasteiger partial charge on any atom is -0.480 e. The van der Waals surface area contributed by atoms with Crippen molar-refractivity contribution in [1.82, 2.24) is 34.3 Å². The molecule has 0 bridgehead atoms. The first kappa shape index (κ1) is 17.9. The van der Waals surface area contributed by atoms with Gasteiger partial charge in [-0.1, -0.05) is 12.1 Å². The molecule has 2 aliphatic heterocycles. The summed E-state index contributed by atoms with van der Waals surface area (Å²) in [4.78, 5) is 4.47. The van der Waals surface area contributed by atoms with Crippen molar-refractivity contribution in [2.24, 2.45) is 14.1 Å². The molecule has 3 aromatic heterocycles. The van der Waals surface area contributed by atoms with Crippen molar-refractivity contribution in [2.45, 2.75) is 26.0 Å². The number of ether oxygens (including phenoxy) is 1. The highest BCUT2D eigenvalue weighted by atomic mass is 16.5. The van der Waals surface area contributed by atoms with Gasteiger partial charge in [-0.3, -0.25) is 9.36 Å². The minimum atomic E-state index is -0.326. The molecule has 0 amide bonds. The Balaban J connectivity index is 1.66. The van der Waals surface area contributed by atoms with Crippen LogP contribution in [0.4, 0.5) is 5.95 Å². The van der Waals surface area contributed by atoms with Crippen molar-refractivity contribution in [3.63, 3.8) is 0 Å². The molecular weight excluding hydrogens is 392 g/mol. The largest absolute Gasteiger partial charge is 0.480 e. The number of aromatic nitrogens is 7.